The van der Waals surface area contributed by atoms with E-state index in [0.717, 1.165) is 5.69 Å². The van der Waals surface area contributed by atoms with E-state index in [1.165, 1.54) is 10.6 Å². The first-order valence-corrected chi connectivity index (χ1v) is 6.93. The van der Waals surface area contributed by atoms with Crippen LogP contribution in [-0.4, -0.2) is 46.2 Å². The molecule has 0 atom stereocenters. The second-order valence-electron chi connectivity index (χ2n) is 3.84. The van der Waals surface area contributed by atoms with Gasteiger partial charge in [-0.3, -0.25) is 0 Å². The van der Waals surface area contributed by atoms with Crippen LogP contribution >= 0.6 is 0 Å². The van der Waals surface area contributed by atoms with Crippen LogP contribution in [0.4, 0.5) is 5.69 Å². The minimum Gasteiger partial charge on any atom is -0.373 e. The van der Waals surface area contributed by atoms with Crippen molar-refractivity contribution in [3.05, 3.63) is 30.3 Å². The first kappa shape index (κ1) is 13.0. The molecule has 90 valence electrons. The molecule has 16 heavy (non-hydrogen) atoms. The van der Waals surface area contributed by atoms with Crippen molar-refractivity contribution in [2.75, 3.05) is 38.3 Å². The van der Waals surface area contributed by atoms with Crippen molar-refractivity contribution in [3.8, 4) is 0 Å². The number of likely N-dealkylation sites (N-methyl/N-ethyl adjacent to an activating group) is 2. The molecule has 0 radical (unpaired) electrons. The van der Waals surface area contributed by atoms with Crippen LogP contribution in [0, 0.1) is 0 Å². The van der Waals surface area contributed by atoms with Gasteiger partial charge >= 0.3 is 0 Å². The molecule has 0 fully saturated rings. The molecule has 4 nitrogen and oxygen atoms in total. The number of para-hydroxylation sites is 1. The molecule has 1 rings (SSSR count). The van der Waals surface area contributed by atoms with Crippen molar-refractivity contribution < 1.29 is 8.42 Å². The fourth-order valence-electron chi connectivity index (χ4n) is 1.27. The Bertz CT molecular complexity index is 417. The Hall–Kier alpha value is -1.07. The van der Waals surface area contributed by atoms with Crippen LogP contribution in [0.3, 0.4) is 0 Å². The maximum Gasteiger partial charge on any atom is 0.211 e. The second kappa shape index (κ2) is 5.32. The Labute approximate surface area is 97.5 Å². The molecule has 0 bridgehead atoms. The highest BCUT2D eigenvalue weighted by Gasteiger charge is 2.11. The van der Waals surface area contributed by atoms with Crippen LogP contribution in [0.25, 0.3) is 0 Å². The topological polar surface area (TPSA) is 40.6 Å². The molecular weight excluding hydrogens is 224 g/mol. The van der Waals surface area contributed by atoms with Crippen LogP contribution in [0.1, 0.15) is 0 Å². The molecule has 0 aliphatic rings. The number of anilines is 1. The highest BCUT2D eigenvalue weighted by molar-refractivity contribution is 7.88. The predicted octanol–water partition coefficient (Wildman–Crippen LogP) is 1.01. The van der Waals surface area contributed by atoms with E-state index >= 15 is 0 Å². The zero-order valence-electron chi connectivity index (χ0n) is 9.92. The number of hydrogen-bond acceptors (Lipinski definition) is 3. The van der Waals surface area contributed by atoms with Crippen molar-refractivity contribution in [3.63, 3.8) is 0 Å². The van der Waals surface area contributed by atoms with E-state index in [0.29, 0.717) is 13.1 Å². The second-order valence-corrected chi connectivity index (χ2v) is 5.93. The summed E-state index contributed by atoms with van der Waals surface area (Å²) in [4.78, 5) is 2.03. The van der Waals surface area contributed by atoms with E-state index < -0.39 is 10.0 Å². The van der Waals surface area contributed by atoms with Crippen LogP contribution in [-0.2, 0) is 10.0 Å². The highest BCUT2D eigenvalue weighted by Crippen LogP contribution is 2.10. The molecule has 0 aliphatic heterocycles. The molecule has 1 aromatic rings. The smallest absolute Gasteiger partial charge is 0.211 e. The van der Waals surface area contributed by atoms with Gasteiger partial charge in [-0.15, -0.1) is 0 Å². The fraction of sp³-hybridized carbons (Fsp3) is 0.455. The van der Waals surface area contributed by atoms with E-state index in [1.54, 1.807) is 7.05 Å². The van der Waals surface area contributed by atoms with Crippen molar-refractivity contribution in [2.24, 2.45) is 0 Å². The first-order chi connectivity index (χ1) is 7.41. The molecule has 0 heterocycles. The zero-order chi connectivity index (χ0) is 12.2. The molecule has 0 unspecified atom stereocenters. The Morgan fingerprint density at radius 1 is 1.06 bits per heavy atom. The van der Waals surface area contributed by atoms with Gasteiger partial charge in [0.05, 0.1) is 6.26 Å². The summed E-state index contributed by atoms with van der Waals surface area (Å²) in [5, 5.41) is 0. The van der Waals surface area contributed by atoms with Gasteiger partial charge < -0.3 is 4.90 Å². The molecular formula is C11H18N2O2S. The van der Waals surface area contributed by atoms with Crippen molar-refractivity contribution in [1.82, 2.24) is 4.31 Å². The predicted molar refractivity (Wildman–Crippen MR) is 67.2 cm³/mol. The Balaban J connectivity index is 2.51. The van der Waals surface area contributed by atoms with Crippen molar-refractivity contribution in [1.29, 1.82) is 0 Å². The molecule has 0 saturated carbocycles. The maximum absolute atomic E-state index is 11.2. The largest absolute Gasteiger partial charge is 0.373 e. The first-order valence-electron chi connectivity index (χ1n) is 5.09. The van der Waals surface area contributed by atoms with E-state index in [1.807, 2.05) is 42.3 Å². The van der Waals surface area contributed by atoms with Gasteiger partial charge in [-0.1, -0.05) is 18.2 Å². The number of benzene rings is 1. The molecule has 0 spiro atoms. The van der Waals surface area contributed by atoms with Gasteiger partial charge in [0.2, 0.25) is 10.0 Å². The summed E-state index contributed by atoms with van der Waals surface area (Å²) in [6.45, 7) is 1.16. The lowest BCUT2D eigenvalue weighted by Gasteiger charge is -2.22. The number of hydrogen-bond donors (Lipinski definition) is 0. The van der Waals surface area contributed by atoms with Gasteiger partial charge in [0, 0.05) is 32.9 Å². The third-order valence-corrected chi connectivity index (χ3v) is 3.83. The molecule has 0 aromatic heterocycles. The molecule has 0 amide bonds. The molecule has 1 aromatic carbocycles. The van der Waals surface area contributed by atoms with Gasteiger partial charge in [-0.2, -0.15) is 0 Å². The van der Waals surface area contributed by atoms with Crippen LogP contribution in [0.15, 0.2) is 30.3 Å². The lowest BCUT2D eigenvalue weighted by atomic mass is 10.3. The summed E-state index contributed by atoms with van der Waals surface area (Å²) >= 11 is 0. The average molecular weight is 242 g/mol. The van der Waals surface area contributed by atoms with Crippen molar-refractivity contribution >= 4 is 15.7 Å². The Morgan fingerprint density at radius 3 is 2.12 bits per heavy atom. The fourth-order valence-corrected chi connectivity index (χ4v) is 1.68. The number of sulfonamides is 1. The normalized spacial score (nSPS) is 11.8. The van der Waals surface area contributed by atoms with Gasteiger partial charge in [-0.25, -0.2) is 12.7 Å². The van der Waals surface area contributed by atoms with Gasteiger partial charge in [0.15, 0.2) is 0 Å². The summed E-state index contributed by atoms with van der Waals surface area (Å²) in [6.07, 6.45) is 1.22. The van der Waals surface area contributed by atoms with Crippen LogP contribution < -0.4 is 4.90 Å². The van der Waals surface area contributed by atoms with E-state index in [9.17, 15) is 8.42 Å². The van der Waals surface area contributed by atoms with Crippen molar-refractivity contribution in [2.45, 2.75) is 0 Å². The van der Waals surface area contributed by atoms with E-state index in [4.69, 9.17) is 0 Å². The summed E-state index contributed by atoms with van der Waals surface area (Å²) < 4.78 is 23.7. The molecule has 0 saturated heterocycles. The summed E-state index contributed by atoms with van der Waals surface area (Å²) in [5.74, 6) is 0. The minimum absolute atomic E-state index is 0.490. The van der Waals surface area contributed by atoms with E-state index in [2.05, 4.69) is 0 Å². The summed E-state index contributed by atoms with van der Waals surface area (Å²) in [6, 6.07) is 9.89. The van der Waals surface area contributed by atoms with Crippen LogP contribution in [0.2, 0.25) is 0 Å². The SMILES string of the molecule is CN(CCN(C)S(C)(=O)=O)c1ccccc1. The Kier molecular flexibility index (Phi) is 4.32. The van der Waals surface area contributed by atoms with Gasteiger partial charge in [0.25, 0.3) is 0 Å². The third-order valence-electron chi connectivity index (χ3n) is 2.51. The van der Waals surface area contributed by atoms with E-state index in [-0.39, 0.29) is 0 Å². The number of nitrogens with zero attached hydrogens (tertiary/aromatic N) is 2. The third kappa shape index (κ3) is 3.83. The monoisotopic (exact) mass is 242 g/mol. The molecule has 0 aliphatic carbocycles. The number of rotatable bonds is 5. The quantitative estimate of drug-likeness (QED) is 0.774. The zero-order valence-corrected chi connectivity index (χ0v) is 10.7. The summed E-state index contributed by atoms with van der Waals surface area (Å²) in [7, 11) is 0.467. The summed E-state index contributed by atoms with van der Waals surface area (Å²) in [5.41, 5.74) is 1.09. The standard InChI is InChI=1S/C11H18N2O2S/c1-12(11-7-5-4-6-8-11)9-10-13(2)16(3,14)15/h4-8H,9-10H2,1-3H3. The van der Waals surface area contributed by atoms with Gasteiger partial charge in [0.1, 0.15) is 0 Å². The highest BCUT2D eigenvalue weighted by atomic mass is 32.2. The molecule has 0 N–H and O–H groups in total. The Morgan fingerprint density at radius 2 is 1.62 bits per heavy atom. The van der Waals surface area contributed by atoms with Gasteiger partial charge in [-0.05, 0) is 12.1 Å². The van der Waals surface area contributed by atoms with Crippen LogP contribution in [0.5, 0.6) is 0 Å². The molecule has 5 heteroatoms. The minimum atomic E-state index is -3.07. The maximum atomic E-state index is 11.2. The average Bonchev–Trinajstić information content (AvgIpc) is 2.25. The lowest BCUT2D eigenvalue weighted by molar-refractivity contribution is 0.479. The lowest BCUT2D eigenvalue weighted by Crippen LogP contribution is -2.34.